The van der Waals surface area contributed by atoms with Crippen LogP contribution in [0, 0.1) is 5.92 Å². The highest BCUT2D eigenvalue weighted by molar-refractivity contribution is 5.81. The largest absolute Gasteiger partial charge is 0.468 e. The maximum absolute atomic E-state index is 12.5. The molecule has 0 bridgehead atoms. The maximum Gasteiger partial charge on any atom is 0.326 e. The summed E-state index contributed by atoms with van der Waals surface area (Å²) in [6.45, 7) is 6.22. The second-order valence-corrected chi connectivity index (χ2v) is 6.47. The Bertz CT molecular complexity index is 458. The van der Waals surface area contributed by atoms with Crippen LogP contribution >= 0.6 is 0 Å². The van der Waals surface area contributed by atoms with Crippen LogP contribution < -0.4 is 0 Å². The topological polar surface area (TPSA) is 29.5 Å². The summed E-state index contributed by atoms with van der Waals surface area (Å²) >= 11 is 0. The molecule has 0 saturated carbocycles. The second kappa shape index (κ2) is 7.08. The lowest BCUT2D eigenvalue weighted by Gasteiger charge is -2.36. The van der Waals surface area contributed by atoms with E-state index in [0.29, 0.717) is 5.92 Å². The van der Waals surface area contributed by atoms with Crippen molar-refractivity contribution in [2.24, 2.45) is 5.92 Å². The Balaban J connectivity index is 2.18. The van der Waals surface area contributed by atoms with Gasteiger partial charge in [0.2, 0.25) is 0 Å². The first-order valence-corrected chi connectivity index (χ1v) is 7.96. The molecular formula is C18H27NO2. The molecule has 1 aromatic carbocycles. The molecule has 1 aliphatic heterocycles. The van der Waals surface area contributed by atoms with Crippen molar-refractivity contribution in [3.63, 3.8) is 0 Å². The van der Waals surface area contributed by atoms with E-state index >= 15 is 0 Å². The molecule has 0 N–H and O–H groups in total. The lowest BCUT2D eigenvalue weighted by atomic mass is 9.87. The minimum absolute atomic E-state index is 0.0587. The summed E-state index contributed by atoms with van der Waals surface area (Å²) in [5.41, 5.74) is 0.840. The first-order valence-electron chi connectivity index (χ1n) is 7.96. The van der Waals surface area contributed by atoms with Crippen LogP contribution in [-0.2, 0) is 16.1 Å². The average molecular weight is 289 g/mol. The molecule has 0 radical (unpaired) electrons. The van der Waals surface area contributed by atoms with Crippen LogP contribution in [0.3, 0.4) is 0 Å². The normalized spacial score (nSPS) is 22.7. The number of ether oxygens (including phenoxy) is 1. The van der Waals surface area contributed by atoms with Gasteiger partial charge in [-0.1, -0.05) is 44.2 Å². The maximum atomic E-state index is 12.5. The summed E-state index contributed by atoms with van der Waals surface area (Å²) in [5.74, 6) is 0.544. The number of benzene rings is 1. The molecule has 116 valence electrons. The van der Waals surface area contributed by atoms with E-state index in [4.69, 9.17) is 4.74 Å². The SMILES string of the molecule is COC(=O)[C@]1(CCC(C)C)CCCN1Cc1ccccc1. The summed E-state index contributed by atoms with van der Waals surface area (Å²) in [7, 11) is 1.51. The van der Waals surface area contributed by atoms with Gasteiger partial charge in [0, 0.05) is 6.54 Å². The number of hydrogen-bond acceptors (Lipinski definition) is 3. The minimum Gasteiger partial charge on any atom is -0.468 e. The summed E-state index contributed by atoms with van der Waals surface area (Å²) in [6.07, 6.45) is 3.93. The van der Waals surface area contributed by atoms with Gasteiger partial charge in [-0.25, -0.2) is 0 Å². The number of nitrogens with zero attached hydrogens (tertiary/aromatic N) is 1. The van der Waals surface area contributed by atoms with E-state index in [0.717, 1.165) is 38.8 Å². The van der Waals surface area contributed by atoms with Crippen LogP contribution in [0.1, 0.15) is 45.1 Å². The third kappa shape index (κ3) is 3.65. The highest BCUT2D eigenvalue weighted by Gasteiger charge is 2.47. The summed E-state index contributed by atoms with van der Waals surface area (Å²) in [6, 6.07) is 10.4. The number of rotatable bonds is 6. The van der Waals surface area contributed by atoms with Crippen LogP contribution in [0.25, 0.3) is 0 Å². The Morgan fingerprint density at radius 3 is 2.67 bits per heavy atom. The third-order valence-electron chi connectivity index (χ3n) is 4.54. The lowest BCUT2D eigenvalue weighted by Crippen LogP contribution is -2.50. The van der Waals surface area contributed by atoms with E-state index in [2.05, 4.69) is 43.0 Å². The molecule has 2 rings (SSSR count). The number of carbonyl (C=O) groups is 1. The first-order chi connectivity index (χ1) is 10.1. The predicted molar refractivity (Wildman–Crippen MR) is 84.9 cm³/mol. The average Bonchev–Trinajstić information content (AvgIpc) is 2.89. The number of likely N-dealkylation sites (tertiary alicyclic amines) is 1. The van der Waals surface area contributed by atoms with Gasteiger partial charge in [0.05, 0.1) is 7.11 Å². The zero-order valence-electron chi connectivity index (χ0n) is 13.5. The Morgan fingerprint density at radius 1 is 1.33 bits per heavy atom. The molecule has 0 aliphatic carbocycles. The number of methoxy groups -OCH3 is 1. The zero-order valence-corrected chi connectivity index (χ0v) is 13.5. The van der Waals surface area contributed by atoms with Gasteiger partial charge in [-0.15, -0.1) is 0 Å². The Hall–Kier alpha value is -1.35. The monoisotopic (exact) mass is 289 g/mol. The molecule has 0 amide bonds. The van der Waals surface area contributed by atoms with Crippen molar-refractivity contribution in [2.45, 2.75) is 51.6 Å². The van der Waals surface area contributed by atoms with Crippen LogP contribution in [0.5, 0.6) is 0 Å². The van der Waals surface area contributed by atoms with E-state index in [1.807, 2.05) is 6.07 Å². The molecule has 1 fully saturated rings. The van der Waals surface area contributed by atoms with E-state index in [9.17, 15) is 4.79 Å². The zero-order chi connectivity index (χ0) is 15.3. The molecule has 1 aromatic rings. The smallest absolute Gasteiger partial charge is 0.326 e. The second-order valence-electron chi connectivity index (χ2n) is 6.47. The van der Waals surface area contributed by atoms with Crippen molar-refractivity contribution in [1.82, 2.24) is 4.90 Å². The molecule has 1 atom stereocenters. The molecular weight excluding hydrogens is 262 g/mol. The Kier molecular flexibility index (Phi) is 5.40. The summed E-state index contributed by atoms with van der Waals surface area (Å²) < 4.78 is 5.16. The molecule has 3 nitrogen and oxygen atoms in total. The molecule has 3 heteroatoms. The highest BCUT2D eigenvalue weighted by Crippen LogP contribution is 2.37. The minimum atomic E-state index is -0.422. The van der Waals surface area contributed by atoms with Crippen molar-refractivity contribution in [3.05, 3.63) is 35.9 Å². The molecule has 1 heterocycles. The van der Waals surface area contributed by atoms with Crippen LogP contribution in [-0.4, -0.2) is 30.1 Å². The molecule has 0 spiro atoms. The predicted octanol–water partition coefficient (Wildman–Crippen LogP) is 3.63. The molecule has 0 aromatic heterocycles. The van der Waals surface area contributed by atoms with E-state index < -0.39 is 5.54 Å². The van der Waals surface area contributed by atoms with Crippen LogP contribution in [0.2, 0.25) is 0 Å². The van der Waals surface area contributed by atoms with E-state index in [1.54, 1.807) is 0 Å². The summed E-state index contributed by atoms with van der Waals surface area (Å²) in [4.78, 5) is 14.8. The van der Waals surface area contributed by atoms with Crippen molar-refractivity contribution in [2.75, 3.05) is 13.7 Å². The van der Waals surface area contributed by atoms with Gasteiger partial charge in [0.1, 0.15) is 5.54 Å². The molecule has 21 heavy (non-hydrogen) atoms. The van der Waals surface area contributed by atoms with Gasteiger partial charge in [-0.05, 0) is 43.7 Å². The van der Waals surface area contributed by atoms with Gasteiger partial charge in [-0.2, -0.15) is 0 Å². The summed E-state index contributed by atoms with van der Waals surface area (Å²) in [5, 5.41) is 0. The Morgan fingerprint density at radius 2 is 2.05 bits per heavy atom. The number of esters is 1. The van der Waals surface area contributed by atoms with Gasteiger partial charge < -0.3 is 4.74 Å². The molecule has 0 unspecified atom stereocenters. The fourth-order valence-electron chi connectivity index (χ4n) is 3.30. The van der Waals surface area contributed by atoms with Crippen LogP contribution in [0.15, 0.2) is 30.3 Å². The molecule has 1 aliphatic rings. The lowest BCUT2D eigenvalue weighted by molar-refractivity contribution is -0.154. The highest BCUT2D eigenvalue weighted by atomic mass is 16.5. The van der Waals surface area contributed by atoms with Crippen molar-refractivity contribution in [1.29, 1.82) is 0 Å². The van der Waals surface area contributed by atoms with Gasteiger partial charge in [0.15, 0.2) is 0 Å². The first kappa shape index (κ1) is 16.0. The van der Waals surface area contributed by atoms with Gasteiger partial charge >= 0.3 is 5.97 Å². The van der Waals surface area contributed by atoms with Gasteiger partial charge in [0.25, 0.3) is 0 Å². The van der Waals surface area contributed by atoms with Crippen molar-refractivity contribution < 1.29 is 9.53 Å². The fraction of sp³-hybridized carbons (Fsp3) is 0.611. The number of hydrogen-bond donors (Lipinski definition) is 0. The third-order valence-corrected chi connectivity index (χ3v) is 4.54. The quantitative estimate of drug-likeness (QED) is 0.749. The molecule has 1 saturated heterocycles. The van der Waals surface area contributed by atoms with E-state index in [-0.39, 0.29) is 5.97 Å². The standard InChI is InChI=1S/C18H27NO2/c1-15(2)10-12-18(17(20)21-3)11-7-13-19(18)14-16-8-5-4-6-9-16/h4-6,8-9,15H,7,10-14H2,1-3H3/t18-/m1/s1. The number of carbonyl (C=O) groups excluding carboxylic acids is 1. The van der Waals surface area contributed by atoms with Gasteiger partial charge in [-0.3, -0.25) is 9.69 Å². The van der Waals surface area contributed by atoms with Crippen molar-refractivity contribution in [3.8, 4) is 0 Å². The van der Waals surface area contributed by atoms with Crippen LogP contribution in [0.4, 0.5) is 0 Å². The Labute approximate surface area is 128 Å². The van der Waals surface area contributed by atoms with E-state index in [1.165, 1.54) is 12.7 Å². The fourth-order valence-corrected chi connectivity index (χ4v) is 3.30. The van der Waals surface area contributed by atoms with Crippen molar-refractivity contribution >= 4 is 5.97 Å².